The Morgan fingerprint density at radius 3 is 2.67 bits per heavy atom. The Morgan fingerprint density at radius 2 is 1.92 bits per heavy atom. The zero-order valence-electron chi connectivity index (χ0n) is 14.2. The molecule has 2 aromatic rings. The van der Waals surface area contributed by atoms with Gasteiger partial charge in [-0.3, -0.25) is 4.79 Å². The molecule has 0 saturated heterocycles. The first-order valence-electron chi connectivity index (χ1n) is 8.40. The maximum absolute atomic E-state index is 12.4. The third-order valence-corrected chi connectivity index (χ3v) is 3.97. The number of hydrogen-bond acceptors (Lipinski definition) is 4. The van der Waals surface area contributed by atoms with Gasteiger partial charge < -0.3 is 10.1 Å². The van der Waals surface area contributed by atoms with Gasteiger partial charge in [0.2, 0.25) is 0 Å². The van der Waals surface area contributed by atoms with Crippen molar-refractivity contribution >= 4 is 22.8 Å². The van der Waals surface area contributed by atoms with Gasteiger partial charge >= 0.3 is 5.97 Å². The van der Waals surface area contributed by atoms with Gasteiger partial charge in [-0.05, 0) is 18.6 Å². The lowest BCUT2D eigenvalue weighted by atomic mass is 10.1. The highest BCUT2D eigenvalue weighted by atomic mass is 16.5. The van der Waals surface area contributed by atoms with E-state index in [1.807, 2.05) is 30.3 Å². The highest BCUT2D eigenvalue weighted by Crippen LogP contribution is 2.12. The van der Waals surface area contributed by atoms with E-state index >= 15 is 0 Å². The van der Waals surface area contributed by atoms with Gasteiger partial charge in [-0.25, -0.2) is 9.78 Å². The first kappa shape index (κ1) is 17.9. The van der Waals surface area contributed by atoms with Crippen LogP contribution in [0, 0.1) is 0 Å². The second-order valence-corrected chi connectivity index (χ2v) is 5.79. The van der Waals surface area contributed by atoms with Crippen molar-refractivity contribution < 1.29 is 14.3 Å². The second-order valence-electron chi connectivity index (χ2n) is 5.79. The smallest absolute Gasteiger partial charge is 0.328 e. The molecule has 5 nitrogen and oxygen atoms in total. The summed E-state index contributed by atoms with van der Waals surface area (Å²) in [7, 11) is 1.34. The van der Waals surface area contributed by atoms with E-state index in [1.54, 1.807) is 6.07 Å². The number of benzene rings is 1. The van der Waals surface area contributed by atoms with Crippen LogP contribution >= 0.6 is 0 Å². The predicted octanol–water partition coefficient (Wildman–Crippen LogP) is 3.48. The van der Waals surface area contributed by atoms with Crippen LogP contribution in [0.25, 0.3) is 10.9 Å². The molecule has 0 fully saturated rings. The van der Waals surface area contributed by atoms with Crippen LogP contribution in [0.4, 0.5) is 0 Å². The summed E-state index contributed by atoms with van der Waals surface area (Å²) in [4.78, 5) is 28.7. The number of carbonyl (C=O) groups is 2. The fourth-order valence-corrected chi connectivity index (χ4v) is 2.59. The minimum atomic E-state index is -0.632. The van der Waals surface area contributed by atoms with Gasteiger partial charge in [0.25, 0.3) is 5.91 Å². The largest absolute Gasteiger partial charge is 0.467 e. The topological polar surface area (TPSA) is 68.3 Å². The number of amides is 1. The average molecular weight is 328 g/mol. The molecule has 128 valence electrons. The van der Waals surface area contributed by atoms with E-state index < -0.39 is 12.0 Å². The molecule has 0 aliphatic rings. The summed E-state index contributed by atoms with van der Waals surface area (Å²) in [5, 5.41) is 3.72. The lowest BCUT2D eigenvalue weighted by Gasteiger charge is -2.16. The molecule has 1 amide bonds. The number of nitrogens with one attached hydrogen (secondary N) is 1. The molecule has 0 aliphatic carbocycles. The first-order chi connectivity index (χ1) is 11.7. The van der Waals surface area contributed by atoms with Crippen LogP contribution in [0.2, 0.25) is 0 Å². The summed E-state index contributed by atoms with van der Waals surface area (Å²) in [5.41, 5.74) is 1.05. The van der Waals surface area contributed by atoms with Gasteiger partial charge in [-0.1, -0.05) is 56.9 Å². The minimum Gasteiger partial charge on any atom is -0.467 e. The van der Waals surface area contributed by atoms with Crippen molar-refractivity contribution in [1.29, 1.82) is 0 Å². The molecule has 24 heavy (non-hydrogen) atoms. The lowest BCUT2D eigenvalue weighted by molar-refractivity contribution is -0.143. The predicted molar refractivity (Wildman–Crippen MR) is 93.8 cm³/mol. The Balaban J connectivity index is 2.05. The van der Waals surface area contributed by atoms with Gasteiger partial charge in [0, 0.05) is 5.39 Å². The van der Waals surface area contributed by atoms with Crippen LogP contribution in [0.5, 0.6) is 0 Å². The Bertz CT molecular complexity index is 700. The molecule has 1 heterocycles. The molecule has 1 atom stereocenters. The normalized spacial score (nSPS) is 11.9. The number of para-hydroxylation sites is 1. The summed E-state index contributed by atoms with van der Waals surface area (Å²) >= 11 is 0. The molecule has 0 aliphatic heterocycles. The van der Waals surface area contributed by atoms with Crippen molar-refractivity contribution in [3.63, 3.8) is 0 Å². The Hall–Kier alpha value is -2.43. The number of fused-ring (bicyclic) bond motifs is 1. The van der Waals surface area contributed by atoms with E-state index in [9.17, 15) is 9.59 Å². The molecule has 0 bridgehead atoms. The van der Waals surface area contributed by atoms with E-state index in [0.29, 0.717) is 12.1 Å². The molecule has 5 heteroatoms. The van der Waals surface area contributed by atoms with Crippen LogP contribution < -0.4 is 5.32 Å². The van der Waals surface area contributed by atoms with Gasteiger partial charge in [0.15, 0.2) is 0 Å². The molecule has 1 N–H and O–H groups in total. The van der Waals surface area contributed by atoms with E-state index in [2.05, 4.69) is 17.2 Å². The number of hydrogen-bond donors (Lipinski definition) is 1. The molecular formula is C19H24N2O3. The number of methoxy groups -OCH3 is 1. The minimum absolute atomic E-state index is 0.302. The summed E-state index contributed by atoms with van der Waals surface area (Å²) in [6.07, 6.45) is 4.73. The summed E-state index contributed by atoms with van der Waals surface area (Å²) < 4.78 is 4.80. The molecule has 0 radical (unpaired) electrons. The average Bonchev–Trinajstić information content (AvgIpc) is 2.63. The molecule has 2 rings (SSSR count). The monoisotopic (exact) mass is 328 g/mol. The maximum atomic E-state index is 12.4. The molecular weight excluding hydrogens is 304 g/mol. The number of rotatable bonds is 8. The third-order valence-electron chi connectivity index (χ3n) is 3.97. The van der Waals surface area contributed by atoms with Crippen LogP contribution in [0.1, 0.15) is 49.5 Å². The van der Waals surface area contributed by atoms with Crippen molar-refractivity contribution in [2.75, 3.05) is 7.11 Å². The van der Waals surface area contributed by atoms with Crippen molar-refractivity contribution in [2.24, 2.45) is 0 Å². The summed E-state index contributed by atoms with van der Waals surface area (Å²) in [5.74, 6) is -0.771. The number of pyridine rings is 1. The highest BCUT2D eigenvalue weighted by Gasteiger charge is 2.22. The summed E-state index contributed by atoms with van der Waals surface area (Å²) in [6, 6.07) is 10.5. The van der Waals surface area contributed by atoms with Crippen LogP contribution in [0.15, 0.2) is 36.4 Å². The Kier molecular flexibility index (Phi) is 6.73. The molecule has 0 unspecified atom stereocenters. The number of carbonyl (C=O) groups excluding carboxylic acids is 2. The van der Waals surface area contributed by atoms with Gasteiger partial charge in [0.1, 0.15) is 11.7 Å². The van der Waals surface area contributed by atoms with Crippen molar-refractivity contribution in [1.82, 2.24) is 10.3 Å². The van der Waals surface area contributed by atoms with E-state index in [0.717, 1.165) is 36.6 Å². The van der Waals surface area contributed by atoms with E-state index in [-0.39, 0.29) is 5.91 Å². The number of nitrogens with zero attached hydrogens (tertiary/aromatic N) is 1. The maximum Gasteiger partial charge on any atom is 0.328 e. The fraction of sp³-hybridized carbons (Fsp3) is 0.421. The SMILES string of the molecule is CCCCCC[C@H](NC(=O)c1ccc2ccccc2n1)C(=O)OC. The molecule has 1 aromatic carbocycles. The van der Waals surface area contributed by atoms with Crippen molar-refractivity contribution in [2.45, 2.75) is 45.1 Å². The van der Waals surface area contributed by atoms with Gasteiger partial charge in [-0.15, -0.1) is 0 Å². The number of aromatic nitrogens is 1. The van der Waals surface area contributed by atoms with Gasteiger partial charge in [-0.2, -0.15) is 0 Å². The first-order valence-corrected chi connectivity index (χ1v) is 8.40. The number of ether oxygens (including phenoxy) is 1. The standard InChI is InChI=1S/C19H24N2O3/c1-3-4-5-6-11-17(19(23)24-2)21-18(22)16-13-12-14-9-7-8-10-15(14)20-16/h7-10,12-13,17H,3-6,11H2,1-2H3,(H,21,22)/t17-/m0/s1. The quantitative estimate of drug-likeness (QED) is 0.595. The van der Waals surface area contributed by atoms with Crippen molar-refractivity contribution in [3.8, 4) is 0 Å². The zero-order valence-corrected chi connectivity index (χ0v) is 14.2. The Labute approximate surface area is 142 Å². The van der Waals surface area contributed by atoms with E-state index in [1.165, 1.54) is 7.11 Å². The zero-order chi connectivity index (χ0) is 17.4. The molecule has 0 spiro atoms. The molecule has 0 saturated carbocycles. The fourth-order valence-electron chi connectivity index (χ4n) is 2.59. The number of unbranched alkanes of at least 4 members (excludes halogenated alkanes) is 3. The summed E-state index contributed by atoms with van der Waals surface area (Å²) in [6.45, 7) is 2.13. The second kappa shape index (κ2) is 9.01. The third kappa shape index (κ3) is 4.78. The van der Waals surface area contributed by atoms with E-state index in [4.69, 9.17) is 4.74 Å². The van der Waals surface area contributed by atoms with Crippen LogP contribution in [0.3, 0.4) is 0 Å². The van der Waals surface area contributed by atoms with Crippen LogP contribution in [-0.4, -0.2) is 30.0 Å². The lowest BCUT2D eigenvalue weighted by Crippen LogP contribution is -2.41. The Morgan fingerprint density at radius 1 is 1.12 bits per heavy atom. The van der Waals surface area contributed by atoms with Gasteiger partial charge in [0.05, 0.1) is 12.6 Å². The number of esters is 1. The van der Waals surface area contributed by atoms with Crippen molar-refractivity contribution in [3.05, 3.63) is 42.1 Å². The van der Waals surface area contributed by atoms with Crippen LogP contribution in [-0.2, 0) is 9.53 Å². The highest BCUT2D eigenvalue weighted by molar-refractivity contribution is 5.97. The molecule has 1 aromatic heterocycles.